The summed E-state index contributed by atoms with van der Waals surface area (Å²) in [6, 6.07) is 9.29. The summed E-state index contributed by atoms with van der Waals surface area (Å²) >= 11 is 0. The number of nitrogens with zero attached hydrogens (tertiary/aromatic N) is 5. The molecule has 1 unspecified atom stereocenters. The second-order valence-electron chi connectivity index (χ2n) is 5.10. The van der Waals surface area contributed by atoms with Crippen LogP contribution >= 0.6 is 0 Å². The monoisotopic (exact) mass is 310 g/mol. The van der Waals surface area contributed by atoms with Crippen molar-refractivity contribution < 1.29 is 4.79 Å². The van der Waals surface area contributed by atoms with Crippen molar-refractivity contribution in [2.45, 2.75) is 25.9 Å². The van der Waals surface area contributed by atoms with Crippen molar-refractivity contribution in [2.24, 2.45) is 0 Å². The normalized spacial score (nSPS) is 12.0. The van der Waals surface area contributed by atoms with Gasteiger partial charge in [0.1, 0.15) is 18.7 Å². The van der Waals surface area contributed by atoms with Crippen molar-refractivity contribution in [3.63, 3.8) is 0 Å². The van der Waals surface area contributed by atoms with Gasteiger partial charge in [-0.1, -0.05) is 25.1 Å². The number of carbonyl (C=O) groups is 1. The van der Waals surface area contributed by atoms with Crippen LogP contribution in [0.3, 0.4) is 0 Å². The van der Waals surface area contributed by atoms with E-state index in [1.807, 2.05) is 37.3 Å². The smallest absolute Gasteiger partial charge is 0.245 e. The Morgan fingerprint density at radius 1 is 1.26 bits per heavy atom. The van der Waals surface area contributed by atoms with Crippen LogP contribution in [0.1, 0.15) is 24.9 Å². The van der Waals surface area contributed by atoms with Gasteiger partial charge in [-0.2, -0.15) is 10.2 Å². The van der Waals surface area contributed by atoms with Gasteiger partial charge in [0, 0.05) is 18.9 Å². The molecule has 7 heteroatoms. The Balaban J connectivity index is 1.72. The van der Waals surface area contributed by atoms with E-state index in [1.165, 1.54) is 6.33 Å². The first-order valence-electron chi connectivity index (χ1n) is 7.49. The molecule has 0 bridgehead atoms. The molecular formula is C16H18N6O. The molecule has 1 N–H and O–H groups in total. The number of carbonyl (C=O) groups excluding carboxylic acids is 1. The van der Waals surface area contributed by atoms with Gasteiger partial charge in [-0.05, 0) is 24.1 Å². The van der Waals surface area contributed by atoms with Crippen LogP contribution in [0.5, 0.6) is 0 Å². The Hall–Kier alpha value is -2.96. The molecule has 3 aromatic rings. The Labute approximate surface area is 134 Å². The third-order valence-electron chi connectivity index (χ3n) is 3.64. The van der Waals surface area contributed by atoms with Gasteiger partial charge in [0.05, 0.1) is 5.69 Å². The quantitative estimate of drug-likeness (QED) is 0.752. The number of hydrogen-bond donors (Lipinski definition) is 1. The summed E-state index contributed by atoms with van der Waals surface area (Å²) in [5.74, 6) is -0.0513. The first kappa shape index (κ1) is 15.0. The second-order valence-corrected chi connectivity index (χ2v) is 5.10. The first-order chi connectivity index (χ1) is 11.3. The molecule has 7 nitrogen and oxygen atoms in total. The highest BCUT2D eigenvalue weighted by Gasteiger charge is 2.18. The molecule has 23 heavy (non-hydrogen) atoms. The fraction of sp³-hybridized carbons (Fsp3) is 0.250. The van der Waals surface area contributed by atoms with Crippen LogP contribution in [0, 0.1) is 0 Å². The molecule has 1 amide bonds. The molecule has 2 aromatic heterocycles. The highest BCUT2D eigenvalue weighted by molar-refractivity contribution is 5.80. The van der Waals surface area contributed by atoms with Crippen LogP contribution < -0.4 is 5.32 Å². The Morgan fingerprint density at radius 3 is 2.83 bits per heavy atom. The van der Waals surface area contributed by atoms with E-state index in [0.717, 1.165) is 11.3 Å². The predicted octanol–water partition coefficient (Wildman–Crippen LogP) is 1.73. The lowest BCUT2D eigenvalue weighted by atomic mass is 10.1. The SMILES string of the molecule is CCC(C(=O)NCc1ccccc1-n1cncn1)n1cccn1. The number of para-hydroxylation sites is 1. The maximum Gasteiger partial charge on any atom is 0.245 e. The van der Waals surface area contributed by atoms with Gasteiger partial charge in [0.2, 0.25) is 5.91 Å². The lowest BCUT2D eigenvalue weighted by molar-refractivity contribution is -0.124. The van der Waals surface area contributed by atoms with Crippen molar-refractivity contribution in [1.82, 2.24) is 29.9 Å². The zero-order valence-electron chi connectivity index (χ0n) is 12.8. The molecule has 3 rings (SSSR count). The third-order valence-corrected chi connectivity index (χ3v) is 3.64. The van der Waals surface area contributed by atoms with Crippen LogP contribution in [0.2, 0.25) is 0 Å². The van der Waals surface area contributed by atoms with Crippen molar-refractivity contribution in [2.75, 3.05) is 0 Å². The topological polar surface area (TPSA) is 77.6 Å². The number of rotatable bonds is 6. The fourth-order valence-electron chi connectivity index (χ4n) is 2.47. The van der Waals surface area contributed by atoms with Crippen molar-refractivity contribution in [1.29, 1.82) is 0 Å². The molecular weight excluding hydrogens is 292 g/mol. The largest absolute Gasteiger partial charge is 0.350 e. The molecule has 118 valence electrons. The minimum absolute atomic E-state index is 0.0513. The minimum Gasteiger partial charge on any atom is -0.350 e. The maximum atomic E-state index is 12.4. The number of amides is 1. The predicted molar refractivity (Wildman–Crippen MR) is 84.8 cm³/mol. The lowest BCUT2D eigenvalue weighted by Gasteiger charge is -2.16. The molecule has 0 saturated heterocycles. The van der Waals surface area contributed by atoms with E-state index in [-0.39, 0.29) is 11.9 Å². The van der Waals surface area contributed by atoms with Crippen molar-refractivity contribution >= 4 is 5.91 Å². The van der Waals surface area contributed by atoms with Gasteiger partial charge in [0.25, 0.3) is 0 Å². The van der Waals surface area contributed by atoms with E-state index in [0.29, 0.717) is 13.0 Å². The fourth-order valence-corrected chi connectivity index (χ4v) is 2.47. The maximum absolute atomic E-state index is 12.4. The molecule has 1 atom stereocenters. The third kappa shape index (κ3) is 3.28. The van der Waals surface area contributed by atoms with Crippen LogP contribution in [0.15, 0.2) is 55.4 Å². The zero-order chi connectivity index (χ0) is 16.1. The Kier molecular flexibility index (Phi) is 4.46. The highest BCUT2D eigenvalue weighted by Crippen LogP contribution is 2.14. The van der Waals surface area contributed by atoms with Crippen LogP contribution in [-0.2, 0) is 11.3 Å². The first-order valence-corrected chi connectivity index (χ1v) is 7.49. The summed E-state index contributed by atoms with van der Waals surface area (Å²) in [4.78, 5) is 16.4. The Bertz CT molecular complexity index is 751. The molecule has 1 aromatic carbocycles. The van der Waals surface area contributed by atoms with Gasteiger partial charge in [-0.25, -0.2) is 9.67 Å². The molecule has 0 saturated carbocycles. The average molecular weight is 310 g/mol. The molecule has 0 fully saturated rings. The highest BCUT2D eigenvalue weighted by atomic mass is 16.2. The van der Waals surface area contributed by atoms with Gasteiger partial charge in [0.15, 0.2) is 0 Å². The molecule has 0 aliphatic rings. The summed E-state index contributed by atoms with van der Waals surface area (Å²) in [7, 11) is 0. The van der Waals surface area contributed by atoms with Crippen LogP contribution in [0.25, 0.3) is 5.69 Å². The van der Waals surface area contributed by atoms with E-state index >= 15 is 0 Å². The number of nitrogens with one attached hydrogen (secondary N) is 1. The average Bonchev–Trinajstić information content (AvgIpc) is 3.27. The minimum atomic E-state index is -0.302. The Morgan fingerprint density at radius 2 is 2.13 bits per heavy atom. The summed E-state index contributed by atoms with van der Waals surface area (Å²) in [5.41, 5.74) is 1.87. The van der Waals surface area contributed by atoms with Crippen LogP contribution in [-0.4, -0.2) is 30.5 Å². The van der Waals surface area contributed by atoms with Gasteiger partial charge in [-0.15, -0.1) is 0 Å². The molecule has 0 spiro atoms. The van der Waals surface area contributed by atoms with E-state index in [9.17, 15) is 4.79 Å². The van der Waals surface area contributed by atoms with Crippen LogP contribution in [0.4, 0.5) is 0 Å². The summed E-state index contributed by atoms with van der Waals surface area (Å²) < 4.78 is 3.37. The molecule has 0 radical (unpaired) electrons. The molecule has 0 aliphatic heterocycles. The number of hydrogen-bond acceptors (Lipinski definition) is 4. The van der Waals surface area contributed by atoms with Crippen molar-refractivity contribution in [3.8, 4) is 5.69 Å². The van der Waals surface area contributed by atoms with Gasteiger partial charge < -0.3 is 5.32 Å². The van der Waals surface area contributed by atoms with E-state index in [4.69, 9.17) is 0 Å². The standard InChI is InChI=1S/C16H18N6O/c1-2-14(21-9-5-8-19-21)16(23)18-10-13-6-3-4-7-15(13)22-12-17-11-20-22/h3-9,11-12,14H,2,10H2,1H3,(H,18,23). The van der Waals surface area contributed by atoms with Gasteiger partial charge in [-0.3, -0.25) is 9.48 Å². The number of benzene rings is 1. The zero-order valence-corrected chi connectivity index (χ0v) is 12.8. The molecule has 2 heterocycles. The summed E-state index contributed by atoms with van der Waals surface area (Å²) in [6.45, 7) is 2.39. The van der Waals surface area contributed by atoms with Crippen molar-refractivity contribution in [3.05, 3.63) is 60.9 Å². The van der Waals surface area contributed by atoms with Gasteiger partial charge >= 0.3 is 0 Å². The summed E-state index contributed by atoms with van der Waals surface area (Å²) in [6.07, 6.45) is 7.28. The second kappa shape index (κ2) is 6.87. The lowest BCUT2D eigenvalue weighted by Crippen LogP contribution is -2.32. The molecule has 0 aliphatic carbocycles. The summed E-state index contributed by atoms with van der Waals surface area (Å²) in [5, 5.41) is 11.3. The van der Waals surface area contributed by atoms with E-state index in [2.05, 4.69) is 20.5 Å². The van der Waals surface area contributed by atoms with E-state index in [1.54, 1.807) is 28.1 Å². The number of aromatic nitrogens is 5. The van der Waals surface area contributed by atoms with E-state index < -0.39 is 0 Å².